The van der Waals surface area contributed by atoms with Crippen LogP contribution in [0, 0.1) is 10.1 Å². The molecule has 116 valence electrons. The predicted octanol–water partition coefficient (Wildman–Crippen LogP) is 1.08. The summed E-state index contributed by atoms with van der Waals surface area (Å²) in [5, 5.41) is 20.7. The first-order valence-electron chi connectivity index (χ1n) is 6.57. The van der Waals surface area contributed by atoms with Gasteiger partial charge in [-0.3, -0.25) is 14.9 Å². The Balaban J connectivity index is 3.29. The number of carbonyl (C=O) groups is 1. The third-order valence-corrected chi connectivity index (χ3v) is 2.70. The fraction of sp³-hybridized carbons (Fsp3) is 0.538. The van der Waals surface area contributed by atoms with E-state index in [1.165, 1.54) is 0 Å². The molecule has 1 aromatic rings. The molecule has 0 spiro atoms. The minimum atomic E-state index is -1.01. The van der Waals surface area contributed by atoms with Crippen LogP contribution in [0.15, 0.2) is 12.3 Å². The third-order valence-electron chi connectivity index (χ3n) is 2.70. The van der Waals surface area contributed by atoms with Crippen LogP contribution in [-0.4, -0.2) is 39.6 Å². The van der Waals surface area contributed by atoms with Crippen LogP contribution in [0.3, 0.4) is 0 Å². The van der Waals surface area contributed by atoms with Gasteiger partial charge in [0, 0.05) is 19.2 Å². The molecule has 0 atom stereocenters. The van der Waals surface area contributed by atoms with Crippen molar-refractivity contribution < 1.29 is 14.8 Å². The van der Waals surface area contributed by atoms with Crippen LogP contribution in [0.4, 0.5) is 11.5 Å². The maximum atomic E-state index is 11.5. The molecule has 21 heavy (non-hydrogen) atoms. The van der Waals surface area contributed by atoms with Crippen LogP contribution in [0.5, 0.6) is 0 Å². The lowest BCUT2D eigenvalue weighted by molar-refractivity contribution is -0.385. The van der Waals surface area contributed by atoms with Gasteiger partial charge in [0.15, 0.2) is 0 Å². The molecule has 0 saturated carbocycles. The lowest BCUT2D eigenvalue weighted by atomic mass is 10.1. The van der Waals surface area contributed by atoms with Crippen LogP contribution < -0.4 is 10.6 Å². The summed E-state index contributed by atoms with van der Waals surface area (Å²) in [6.07, 6.45) is 1.84. The van der Waals surface area contributed by atoms with Gasteiger partial charge in [0.25, 0.3) is 11.6 Å². The Bertz CT molecular complexity index is 539. The Hall–Kier alpha value is -2.22. The molecule has 1 amide bonds. The smallest absolute Gasteiger partial charge is 0.288 e. The van der Waals surface area contributed by atoms with Crippen molar-refractivity contribution in [2.45, 2.75) is 32.8 Å². The maximum Gasteiger partial charge on any atom is 0.288 e. The van der Waals surface area contributed by atoms with Crippen molar-refractivity contribution in [2.24, 2.45) is 5.73 Å². The number of anilines is 1. The summed E-state index contributed by atoms with van der Waals surface area (Å²) >= 11 is 0. The lowest BCUT2D eigenvalue weighted by Crippen LogP contribution is -2.40. The molecular weight excluding hydrogens is 276 g/mol. The van der Waals surface area contributed by atoms with E-state index in [0.717, 1.165) is 18.7 Å². The molecule has 8 nitrogen and oxygen atoms in total. The van der Waals surface area contributed by atoms with Crippen LogP contribution in [0.1, 0.15) is 37.6 Å². The van der Waals surface area contributed by atoms with E-state index in [-0.39, 0.29) is 23.6 Å². The van der Waals surface area contributed by atoms with Gasteiger partial charge in [-0.15, -0.1) is 0 Å². The molecule has 0 radical (unpaired) electrons. The second-order valence-corrected chi connectivity index (χ2v) is 5.42. The molecule has 0 unspecified atom stereocenters. The van der Waals surface area contributed by atoms with Crippen LogP contribution >= 0.6 is 0 Å². The Morgan fingerprint density at radius 3 is 2.62 bits per heavy atom. The average molecular weight is 296 g/mol. The van der Waals surface area contributed by atoms with E-state index < -0.39 is 16.4 Å². The number of pyridine rings is 1. The number of carbonyl (C=O) groups excluding carboxylic acids is 1. The van der Waals surface area contributed by atoms with Crippen molar-refractivity contribution in [1.82, 2.24) is 4.98 Å². The molecule has 0 aliphatic carbocycles. The summed E-state index contributed by atoms with van der Waals surface area (Å²) in [5.41, 5.74) is 3.96. The van der Waals surface area contributed by atoms with Crippen molar-refractivity contribution >= 4 is 17.4 Å². The van der Waals surface area contributed by atoms with E-state index in [2.05, 4.69) is 4.98 Å². The molecule has 0 fully saturated rings. The van der Waals surface area contributed by atoms with Crippen LogP contribution in [0.25, 0.3) is 0 Å². The van der Waals surface area contributed by atoms with Crippen molar-refractivity contribution in [1.29, 1.82) is 0 Å². The number of nitro groups is 1. The second kappa shape index (κ2) is 6.49. The number of aromatic nitrogens is 1. The Labute approximate surface area is 122 Å². The van der Waals surface area contributed by atoms with Gasteiger partial charge in [-0.1, -0.05) is 6.92 Å². The fourth-order valence-corrected chi connectivity index (χ4v) is 1.98. The highest BCUT2D eigenvalue weighted by atomic mass is 16.6. The van der Waals surface area contributed by atoms with Crippen LogP contribution in [-0.2, 0) is 0 Å². The van der Waals surface area contributed by atoms with Gasteiger partial charge in [-0.05, 0) is 20.3 Å². The first kappa shape index (κ1) is 16.8. The summed E-state index contributed by atoms with van der Waals surface area (Å²) in [6, 6.07) is 1.11. The highest BCUT2D eigenvalue weighted by Gasteiger charge is 2.24. The molecule has 0 aliphatic heterocycles. The van der Waals surface area contributed by atoms with E-state index in [4.69, 9.17) is 5.73 Å². The number of primary amides is 1. The monoisotopic (exact) mass is 296 g/mol. The molecule has 0 bridgehead atoms. The summed E-state index contributed by atoms with van der Waals surface area (Å²) < 4.78 is 0. The molecule has 0 saturated heterocycles. The first-order chi connectivity index (χ1) is 9.65. The minimum Gasteiger partial charge on any atom is -0.389 e. The quantitative estimate of drug-likeness (QED) is 0.573. The van der Waals surface area contributed by atoms with E-state index in [1.807, 2.05) is 6.92 Å². The Morgan fingerprint density at radius 1 is 1.57 bits per heavy atom. The molecular formula is C13H20N4O4. The van der Waals surface area contributed by atoms with Gasteiger partial charge in [0.05, 0.1) is 16.1 Å². The average Bonchev–Trinajstić information content (AvgIpc) is 2.35. The number of nitrogens with two attached hydrogens (primary N) is 1. The molecule has 0 aliphatic rings. The standard InChI is InChI=1S/C13H20N4O4/c1-4-5-16(8-13(2,3)19)12-10(11(14)18)6-9(7-15-12)17(20)21/h6-7,19H,4-5,8H2,1-3H3,(H2,14,18). The number of hydrogen-bond acceptors (Lipinski definition) is 6. The van der Waals surface area contributed by atoms with E-state index in [9.17, 15) is 20.0 Å². The highest BCUT2D eigenvalue weighted by Crippen LogP contribution is 2.24. The fourth-order valence-electron chi connectivity index (χ4n) is 1.98. The maximum absolute atomic E-state index is 11.5. The van der Waals surface area contributed by atoms with Crippen molar-refractivity contribution in [3.63, 3.8) is 0 Å². The SMILES string of the molecule is CCCN(CC(C)(C)O)c1ncc([N+](=O)[O-])cc1C(N)=O. The number of rotatable bonds is 7. The predicted molar refractivity (Wildman–Crippen MR) is 78.2 cm³/mol. The van der Waals surface area contributed by atoms with Crippen LogP contribution in [0.2, 0.25) is 0 Å². The van der Waals surface area contributed by atoms with E-state index in [1.54, 1.807) is 18.7 Å². The second-order valence-electron chi connectivity index (χ2n) is 5.42. The van der Waals surface area contributed by atoms with E-state index >= 15 is 0 Å². The zero-order valence-electron chi connectivity index (χ0n) is 12.4. The summed E-state index contributed by atoms with van der Waals surface area (Å²) in [5.74, 6) is -0.546. The van der Waals surface area contributed by atoms with Gasteiger partial charge >= 0.3 is 0 Å². The normalized spacial score (nSPS) is 11.2. The number of amides is 1. The van der Waals surface area contributed by atoms with Gasteiger partial charge in [-0.2, -0.15) is 0 Å². The third kappa shape index (κ3) is 4.67. The zero-order chi connectivity index (χ0) is 16.2. The first-order valence-corrected chi connectivity index (χ1v) is 6.57. The summed E-state index contributed by atoms with van der Waals surface area (Å²) in [7, 11) is 0. The molecule has 0 aromatic carbocycles. The molecule has 3 N–H and O–H groups in total. The summed E-state index contributed by atoms with van der Waals surface area (Å²) in [6.45, 7) is 5.96. The number of aliphatic hydroxyl groups is 1. The van der Waals surface area contributed by atoms with Gasteiger partial charge in [-0.25, -0.2) is 4.98 Å². The molecule has 1 rings (SSSR count). The summed E-state index contributed by atoms with van der Waals surface area (Å²) in [4.78, 5) is 27.4. The van der Waals surface area contributed by atoms with E-state index in [0.29, 0.717) is 6.54 Å². The van der Waals surface area contributed by atoms with Crippen molar-refractivity contribution in [3.05, 3.63) is 27.9 Å². The Kier molecular flexibility index (Phi) is 5.20. The largest absolute Gasteiger partial charge is 0.389 e. The van der Waals surface area contributed by atoms with Gasteiger partial charge in [0.1, 0.15) is 12.0 Å². The lowest BCUT2D eigenvalue weighted by Gasteiger charge is -2.30. The van der Waals surface area contributed by atoms with Gasteiger partial charge < -0.3 is 15.7 Å². The topological polar surface area (TPSA) is 123 Å². The zero-order valence-corrected chi connectivity index (χ0v) is 12.4. The Morgan fingerprint density at radius 2 is 2.19 bits per heavy atom. The molecule has 8 heteroatoms. The molecule has 1 heterocycles. The van der Waals surface area contributed by atoms with Crippen molar-refractivity contribution in [2.75, 3.05) is 18.0 Å². The number of nitrogens with zero attached hydrogens (tertiary/aromatic N) is 3. The van der Waals surface area contributed by atoms with Crippen molar-refractivity contribution in [3.8, 4) is 0 Å². The molecule has 1 aromatic heterocycles. The minimum absolute atomic E-state index is 0.0260. The number of hydrogen-bond donors (Lipinski definition) is 2. The van der Waals surface area contributed by atoms with Gasteiger partial charge in [0.2, 0.25) is 0 Å². The highest BCUT2D eigenvalue weighted by molar-refractivity contribution is 5.98.